The van der Waals surface area contributed by atoms with Crippen LogP contribution in [-0.4, -0.2) is 87.4 Å². The van der Waals surface area contributed by atoms with Crippen LogP contribution in [0.1, 0.15) is 425 Å². The third kappa shape index (κ3) is 83.6. The molecule has 0 bridgehead atoms. The van der Waals surface area contributed by atoms with Crippen molar-refractivity contribution < 1.29 is 42.9 Å². The van der Waals surface area contributed by atoms with Crippen LogP contribution in [0.2, 0.25) is 0 Å². The number of ether oxygens (including phenoxy) is 4. The van der Waals surface area contributed by atoms with Crippen LogP contribution >= 0.6 is 0 Å². The fraction of sp³-hybridized carbons (Fsp3) is 0.815. The largest absolute Gasteiger partial charge is 0.477 e. The fourth-order valence-corrected chi connectivity index (χ4v) is 13.1. The third-order valence-electron chi connectivity index (χ3n) is 19.7. The Morgan fingerprint density at radius 3 is 0.842 bits per heavy atom. The third-order valence-corrected chi connectivity index (χ3v) is 19.7. The van der Waals surface area contributed by atoms with Gasteiger partial charge < -0.3 is 28.5 Å². The summed E-state index contributed by atoms with van der Waals surface area (Å²) in [5, 5.41) is 9.79. The summed E-state index contributed by atoms with van der Waals surface area (Å²) in [4.78, 5) is 37.8. The molecule has 0 heterocycles. The Bertz CT molecular complexity index is 1940. The van der Waals surface area contributed by atoms with E-state index in [-0.39, 0.29) is 38.2 Å². The number of likely N-dealkylation sites (N-methyl/N-ethyl adjacent to an activating group) is 1. The predicted octanol–water partition coefficient (Wildman–Crippen LogP) is 28.5. The molecule has 9 heteroatoms. The van der Waals surface area contributed by atoms with Crippen LogP contribution in [0, 0.1) is 0 Å². The minimum Gasteiger partial charge on any atom is -0.477 e. The summed E-state index contributed by atoms with van der Waals surface area (Å²) in [5.41, 5.74) is 0. The van der Waals surface area contributed by atoms with Crippen molar-refractivity contribution in [1.82, 2.24) is 0 Å². The number of carboxylic acids is 1. The molecule has 0 saturated carbocycles. The summed E-state index contributed by atoms with van der Waals surface area (Å²) < 4.78 is 23.1. The standard InChI is InChI=1S/C92H167NO8/c1-6-8-10-12-14-16-18-20-22-24-26-28-30-32-34-36-38-40-42-44-45-47-49-51-53-55-57-59-61-63-65-67-69-71-73-75-77-79-81-83-90(95)101-88(87-100-92(91(96)97)98-85-84-93(3,4)5)86-99-89(94)82-80-78-76-74-72-70-68-66-64-62-60-58-56-54-52-50-48-46-43-41-39-37-35-33-31-29-27-25-23-21-19-17-15-13-11-9-7-2/h8,10,14,16,20,22,26,28,32,34,38,40,44-45,88,92H,6-7,9,11-13,15,17-19,21,23-25,27,29-31,33,35-37,39,41-43,46-87H2,1-5H3/p+1/b10-8-,16-14-,22-20-,28-26-,34-32-,40-38-,45-44-. The van der Waals surface area contributed by atoms with Crippen molar-refractivity contribution >= 4 is 17.9 Å². The van der Waals surface area contributed by atoms with Crippen LogP contribution in [-0.2, 0) is 33.3 Å². The van der Waals surface area contributed by atoms with Crippen LogP contribution < -0.4 is 0 Å². The maximum atomic E-state index is 13.0. The second-order valence-electron chi connectivity index (χ2n) is 30.8. The molecule has 2 atom stereocenters. The lowest BCUT2D eigenvalue weighted by molar-refractivity contribution is -0.870. The minimum atomic E-state index is -1.51. The van der Waals surface area contributed by atoms with E-state index in [1.165, 1.54) is 315 Å². The van der Waals surface area contributed by atoms with Crippen molar-refractivity contribution in [3.63, 3.8) is 0 Å². The Balaban J connectivity index is 3.95. The number of nitrogens with zero attached hydrogens (tertiary/aromatic N) is 1. The molecule has 2 unspecified atom stereocenters. The van der Waals surface area contributed by atoms with Gasteiger partial charge in [0.05, 0.1) is 34.4 Å². The summed E-state index contributed by atoms with van der Waals surface area (Å²) in [6.45, 7) is 4.83. The van der Waals surface area contributed by atoms with E-state index in [2.05, 4.69) is 98.9 Å². The molecule has 588 valence electrons. The molecule has 0 radical (unpaired) electrons. The first-order valence-electron chi connectivity index (χ1n) is 43.8. The van der Waals surface area contributed by atoms with E-state index in [1.54, 1.807) is 0 Å². The van der Waals surface area contributed by atoms with Gasteiger partial charge in [0.25, 0.3) is 6.29 Å². The number of unbranched alkanes of at least 4 members (excludes halogenated alkanes) is 53. The van der Waals surface area contributed by atoms with Crippen molar-refractivity contribution in [1.29, 1.82) is 0 Å². The number of hydrogen-bond donors (Lipinski definition) is 1. The lowest BCUT2D eigenvalue weighted by Crippen LogP contribution is -2.40. The number of carboxylic acid groups (broad SMARTS) is 1. The summed E-state index contributed by atoms with van der Waals surface area (Å²) in [7, 11) is 6.00. The molecule has 0 aromatic heterocycles. The van der Waals surface area contributed by atoms with Crippen LogP contribution in [0.4, 0.5) is 0 Å². The van der Waals surface area contributed by atoms with Gasteiger partial charge in [-0.05, 0) is 70.6 Å². The highest BCUT2D eigenvalue weighted by molar-refractivity contribution is 5.71. The zero-order valence-electron chi connectivity index (χ0n) is 67.6. The molecule has 0 aliphatic heterocycles. The first-order valence-corrected chi connectivity index (χ1v) is 43.8. The van der Waals surface area contributed by atoms with Crippen LogP contribution in [0.25, 0.3) is 0 Å². The zero-order chi connectivity index (χ0) is 73.2. The Morgan fingerprint density at radius 1 is 0.307 bits per heavy atom. The average molecular weight is 1420 g/mol. The van der Waals surface area contributed by atoms with E-state index in [4.69, 9.17) is 18.9 Å². The highest BCUT2D eigenvalue weighted by atomic mass is 16.7. The van der Waals surface area contributed by atoms with Crippen LogP contribution in [0.15, 0.2) is 85.1 Å². The summed E-state index contributed by atoms with van der Waals surface area (Å²) >= 11 is 0. The molecular weight excluding hydrogens is 1250 g/mol. The van der Waals surface area contributed by atoms with Gasteiger partial charge in [0.1, 0.15) is 13.2 Å². The smallest absolute Gasteiger partial charge is 0.361 e. The number of esters is 2. The Morgan fingerprint density at radius 2 is 0.564 bits per heavy atom. The minimum absolute atomic E-state index is 0.178. The lowest BCUT2D eigenvalue weighted by Gasteiger charge is -2.25. The number of carbonyl (C=O) groups excluding carboxylic acids is 2. The fourth-order valence-electron chi connectivity index (χ4n) is 13.1. The van der Waals surface area contributed by atoms with Gasteiger partial charge in [0.2, 0.25) is 0 Å². The second kappa shape index (κ2) is 82.1. The molecule has 0 amide bonds. The Kier molecular flexibility index (Phi) is 79.3. The van der Waals surface area contributed by atoms with E-state index >= 15 is 0 Å². The van der Waals surface area contributed by atoms with Crippen LogP contribution in [0.5, 0.6) is 0 Å². The number of carbonyl (C=O) groups is 3. The summed E-state index contributed by atoms with van der Waals surface area (Å²) in [5.74, 6) is -1.98. The molecule has 0 rings (SSSR count). The molecule has 0 fully saturated rings. The van der Waals surface area contributed by atoms with Gasteiger partial charge >= 0.3 is 17.9 Å². The number of rotatable bonds is 82. The van der Waals surface area contributed by atoms with Gasteiger partial charge in [-0.25, -0.2) is 4.79 Å². The van der Waals surface area contributed by atoms with Gasteiger partial charge in [-0.15, -0.1) is 0 Å². The first-order chi connectivity index (χ1) is 49.6. The van der Waals surface area contributed by atoms with E-state index in [0.717, 1.165) is 83.5 Å². The van der Waals surface area contributed by atoms with Gasteiger partial charge in [-0.1, -0.05) is 426 Å². The van der Waals surface area contributed by atoms with Gasteiger partial charge in [-0.3, -0.25) is 9.59 Å². The zero-order valence-corrected chi connectivity index (χ0v) is 67.6. The van der Waals surface area contributed by atoms with Crippen molar-refractivity contribution in [3.05, 3.63) is 85.1 Å². The highest BCUT2D eigenvalue weighted by Crippen LogP contribution is 2.20. The van der Waals surface area contributed by atoms with Crippen LogP contribution in [0.3, 0.4) is 0 Å². The number of quaternary nitrogens is 1. The SMILES string of the molecule is CC/C=C\C/C=C\C/C=C\C/C=C\C/C=C\C/C=C\C/C=C\CCCCCCCCCCCCCCCCCCCC(=O)OC(COC(=O)CCCCCCCCCCCCCCCCCCCCCCCCCCCCCCCCCCCCCCC)COC(OCC[N+](C)(C)C)C(=O)O. The van der Waals surface area contributed by atoms with Crippen molar-refractivity contribution in [2.45, 2.75) is 437 Å². The molecule has 0 aromatic carbocycles. The molecule has 9 nitrogen and oxygen atoms in total. The van der Waals surface area contributed by atoms with E-state index in [1.807, 2.05) is 21.1 Å². The molecule has 1 N–H and O–H groups in total. The Hall–Kier alpha value is -3.53. The monoisotopic (exact) mass is 1420 g/mol. The number of aliphatic carboxylic acids is 1. The number of allylic oxidation sites excluding steroid dienone is 14. The highest BCUT2D eigenvalue weighted by Gasteiger charge is 2.25. The molecule has 0 aliphatic rings. The summed E-state index contributed by atoms with van der Waals surface area (Å²) in [6, 6.07) is 0. The van der Waals surface area contributed by atoms with E-state index < -0.39 is 18.4 Å². The first kappa shape index (κ1) is 97.5. The second-order valence-corrected chi connectivity index (χ2v) is 30.8. The van der Waals surface area contributed by atoms with Crippen molar-refractivity contribution in [2.75, 3.05) is 47.5 Å². The van der Waals surface area contributed by atoms with Crippen molar-refractivity contribution in [2.24, 2.45) is 0 Å². The maximum Gasteiger partial charge on any atom is 0.361 e. The van der Waals surface area contributed by atoms with Crippen molar-refractivity contribution in [3.8, 4) is 0 Å². The topological polar surface area (TPSA) is 108 Å². The van der Waals surface area contributed by atoms with E-state index in [0.29, 0.717) is 17.4 Å². The molecule has 0 spiro atoms. The van der Waals surface area contributed by atoms with E-state index in [9.17, 15) is 19.5 Å². The predicted molar refractivity (Wildman–Crippen MR) is 438 cm³/mol. The molecule has 0 saturated heterocycles. The molecule has 0 aromatic rings. The lowest BCUT2D eigenvalue weighted by atomic mass is 10.0. The molecule has 101 heavy (non-hydrogen) atoms. The van der Waals surface area contributed by atoms with Gasteiger partial charge in [0.15, 0.2) is 6.10 Å². The van der Waals surface area contributed by atoms with Gasteiger partial charge in [0, 0.05) is 12.8 Å². The average Bonchev–Trinajstić information content (AvgIpc) is 1.21. The normalized spacial score (nSPS) is 13.0. The maximum absolute atomic E-state index is 13.0. The Labute approximate surface area is 627 Å². The molecular formula is C92H168NO8+. The van der Waals surface area contributed by atoms with Gasteiger partial charge in [-0.2, -0.15) is 0 Å². The molecule has 0 aliphatic carbocycles. The summed E-state index contributed by atoms with van der Waals surface area (Å²) in [6.07, 6.45) is 111. The number of hydrogen-bond acceptors (Lipinski definition) is 7. The quantitative estimate of drug-likeness (QED) is 0.0211.